The summed E-state index contributed by atoms with van der Waals surface area (Å²) in [7, 11) is 0. The van der Waals surface area contributed by atoms with Crippen molar-refractivity contribution in [2.75, 3.05) is 52.9 Å². The quantitative estimate of drug-likeness (QED) is 0.0742. The van der Waals surface area contributed by atoms with Crippen molar-refractivity contribution in [1.29, 1.82) is 0 Å². The van der Waals surface area contributed by atoms with Crippen LogP contribution in [0.5, 0.6) is 23.5 Å². The molecular formula is C34H40N4O19. The van der Waals surface area contributed by atoms with Gasteiger partial charge in [-0.15, -0.1) is 19.6 Å². The van der Waals surface area contributed by atoms with E-state index in [2.05, 4.69) is 0 Å². The Labute approximate surface area is 322 Å². The van der Waals surface area contributed by atoms with Gasteiger partial charge < -0.3 is 58.7 Å². The number of carbonyl (C=O) groups excluding carboxylic acids is 7. The molecule has 2 fully saturated rings. The molecule has 0 spiro atoms. The second kappa shape index (κ2) is 19.1. The third-order valence-electron chi connectivity index (χ3n) is 8.31. The minimum atomic E-state index is -1.30. The minimum Gasteiger partial charge on any atom is -0.492 e. The number of amides is 3. The number of nitrogens with zero attached hydrogens (tertiary/aromatic N) is 4. The summed E-state index contributed by atoms with van der Waals surface area (Å²) in [5, 5.41) is 40.3. The number of hydrogen-bond acceptors (Lipinski definition) is 19. The van der Waals surface area contributed by atoms with Gasteiger partial charge >= 0.3 is 23.9 Å². The van der Waals surface area contributed by atoms with E-state index in [0.717, 1.165) is 29.3 Å². The zero-order chi connectivity index (χ0) is 41.1. The van der Waals surface area contributed by atoms with Crippen LogP contribution in [-0.2, 0) is 62.2 Å². The highest BCUT2D eigenvalue weighted by Crippen LogP contribution is 2.42. The topological polar surface area (TPSA) is 291 Å². The van der Waals surface area contributed by atoms with Crippen LogP contribution in [0.4, 0.5) is 0 Å². The van der Waals surface area contributed by atoms with E-state index in [9.17, 15) is 54.0 Å². The number of aromatic nitrogens is 2. The van der Waals surface area contributed by atoms with Crippen molar-refractivity contribution in [3.63, 3.8) is 0 Å². The zero-order valence-corrected chi connectivity index (χ0v) is 30.3. The van der Waals surface area contributed by atoms with Crippen LogP contribution < -0.4 is 9.68 Å². The molecule has 310 valence electrons. The van der Waals surface area contributed by atoms with Gasteiger partial charge in [-0.3, -0.25) is 14.4 Å². The summed E-state index contributed by atoms with van der Waals surface area (Å²) in [6.07, 6.45) is 0.381. The molecule has 2 aromatic rings. The maximum absolute atomic E-state index is 12.5. The van der Waals surface area contributed by atoms with Gasteiger partial charge in [0.25, 0.3) is 17.7 Å². The fourth-order valence-electron chi connectivity index (χ4n) is 5.32. The van der Waals surface area contributed by atoms with Crippen LogP contribution in [-0.4, -0.2) is 134 Å². The molecule has 2 aromatic heterocycles. The van der Waals surface area contributed by atoms with Gasteiger partial charge in [-0.05, 0) is 0 Å². The maximum atomic E-state index is 12.5. The molecule has 4 heterocycles. The summed E-state index contributed by atoms with van der Waals surface area (Å²) < 4.78 is 24.1. The average Bonchev–Trinajstić information content (AvgIpc) is 3.45. The normalized spacial score (nSPS) is 16.1. The molecule has 0 bridgehead atoms. The number of allylic oxidation sites excluding steroid dienone is 2. The van der Waals surface area contributed by atoms with E-state index < -0.39 is 71.0 Å². The Kier molecular flexibility index (Phi) is 14.1. The molecule has 1 aliphatic carbocycles. The van der Waals surface area contributed by atoms with E-state index in [4.69, 9.17) is 38.3 Å². The number of ether oxygens (including phenoxy) is 4. The van der Waals surface area contributed by atoms with E-state index in [1.165, 1.54) is 0 Å². The van der Waals surface area contributed by atoms with E-state index in [0.29, 0.717) is 20.2 Å². The summed E-state index contributed by atoms with van der Waals surface area (Å²) in [6, 6.07) is 4.38. The summed E-state index contributed by atoms with van der Waals surface area (Å²) >= 11 is 0. The van der Waals surface area contributed by atoms with E-state index in [1.807, 2.05) is 0 Å². The average molecular weight is 809 g/mol. The molecule has 57 heavy (non-hydrogen) atoms. The van der Waals surface area contributed by atoms with E-state index in [-0.39, 0.29) is 103 Å². The van der Waals surface area contributed by atoms with Gasteiger partial charge in [0.2, 0.25) is 23.5 Å². The summed E-state index contributed by atoms with van der Waals surface area (Å²) in [4.78, 5) is 105. The lowest BCUT2D eigenvalue weighted by Crippen LogP contribution is -2.42. The molecule has 23 nitrogen and oxygen atoms in total. The van der Waals surface area contributed by atoms with E-state index in [1.54, 1.807) is 6.08 Å². The van der Waals surface area contributed by atoms with Crippen molar-refractivity contribution in [2.45, 2.75) is 44.9 Å². The second-order valence-electron chi connectivity index (χ2n) is 12.9. The van der Waals surface area contributed by atoms with Gasteiger partial charge in [-0.2, -0.15) is 0 Å². The largest absolute Gasteiger partial charge is 0.492 e. The number of hydroxylamine groups is 4. The van der Waals surface area contributed by atoms with Gasteiger partial charge in [0.1, 0.15) is 0 Å². The zero-order valence-electron chi connectivity index (χ0n) is 30.3. The fourth-order valence-corrected chi connectivity index (χ4v) is 5.32. The van der Waals surface area contributed by atoms with E-state index >= 15 is 0 Å². The third-order valence-corrected chi connectivity index (χ3v) is 8.31. The summed E-state index contributed by atoms with van der Waals surface area (Å²) in [6.45, 7) is -2.18. The predicted octanol–water partition coefficient (Wildman–Crippen LogP) is -0.853. The first-order chi connectivity index (χ1) is 27.2. The molecule has 23 heteroatoms. The first-order valence-electron chi connectivity index (χ1n) is 17.5. The predicted molar refractivity (Wildman–Crippen MR) is 179 cm³/mol. The van der Waals surface area contributed by atoms with Gasteiger partial charge in [0, 0.05) is 49.4 Å². The Balaban J connectivity index is 1.19. The summed E-state index contributed by atoms with van der Waals surface area (Å²) in [5.41, 5.74) is -0.688. The lowest BCUT2D eigenvalue weighted by Gasteiger charge is -2.33. The van der Waals surface area contributed by atoms with Gasteiger partial charge in [0.15, 0.2) is 0 Å². The Morgan fingerprint density at radius 1 is 0.544 bits per heavy atom. The molecule has 4 N–H and O–H groups in total. The molecule has 0 aromatic carbocycles. The van der Waals surface area contributed by atoms with Gasteiger partial charge in [-0.1, -0.05) is 6.08 Å². The third kappa shape index (κ3) is 11.7. The molecule has 3 amide bonds. The first kappa shape index (κ1) is 42.0. The minimum absolute atomic E-state index is 0.0284. The molecule has 5 rings (SSSR count). The lowest BCUT2D eigenvalue weighted by atomic mass is 9.92. The molecule has 1 atom stereocenters. The van der Waals surface area contributed by atoms with Crippen molar-refractivity contribution < 1.29 is 92.3 Å². The number of imide groups is 1. The van der Waals surface area contributed by atoms with Crippen molar-refractivity contribution >= 4 is 41.6 Å². The molecule has 3 aliphatic rings. The first-order valence-corrected chi connectivity index (χ1v) is 17.5. The lowest BCUT2D eigenvalue weighted by molar-refractivity contribution is -0.198. The molecule has 1 unspecified atom stereocenters. The monoisotopic (exact) mass is 808 g/mol. The van der Waals surface area contributed by atoms with Crippen LogP contribution in [0.25, 0.3) is 0 Å². The van der Waals surface area contributed by atoms with Crippen molar-refractivity contribution in [2.24, 2.45) is 11.3 Å². The fraction of sp³-hybridized carbons (Fsp3) is 0.500. The smallest absolute Gasteiger partial charge is 0.335 e. The molecular weight excluding hydrogens is 768 g/mol. The number of carbonyl (C=O) groups is 7. The molecule has 0 saturated carbocycles. The highest BCUT2D eigenvalue weighted by molar-refractivity contribution is 6.01. The van der Waals surface area contributed by atoms with Crippen LogP contribution in [0.1, 0.15) is 44.9 Å². The second-order valence-corrected chi connectivity index (χ2v) is 12.9. The Morgan fingerprint density at radius 2 is 0.895 bits per heavy atom. The molecule has 2 saturated heterocycles. The number of fused-ring (bicyclic) bond motifs is 1. The van der Waals surface area contributed by atoms with Crippen LogP contribution in [0, 0.1) is 11.3 Å². The van der Waals surface area contributed by atoms with Crippen LogP contribution in [0.2, 0.25) is 0 Å². The Hall–Kier alpha value is -6.17. The van der Waals surface area contributed by atoms with Gasteiger partial charge in [-0.25, -0.2) is 19.2 Å². The SMILES string of the molecule is O=C(CCOCC(COCCC(=O)ON1C(=O)CC2C=C21)(COCCC(=O)On1c(O)ccc1O)COCCC(=O)On1c(O)ccc1O)ON1C(=O)CCC1=O. The van der Waals surface area contributed by atoms with Crippen LogP contribution >= 0.6 is 0 Å². The summed E-state index contributed by atoms with van der Waals surface area (Å²) in [5.74, 6) is -7.35. The number of rotatable bonds is 24. The molecule has 2 aliphatic heterocycles. The molecule has 0 radical (unpaired) electrons. The maximum Gasteiger partial charge on any atom is 0.335 e. The van der Waals surface area contributed by atoms with Crippen molar-refractivity contribution in [3.05, 3.63) is 36.0 Å². The highest BCUT2D eigenvalue weighted by atomic mass is 16.7. The highest BCUT2D eigenvalue weighted by Gasteiger charge is 2.45. The standard InChI is InChI=1S/C34H40N4O19/c39-23-1-2-24(40)36(23)55-31(47)8-12-51-18-34(19-52-13-9-32(48)56-37-25(41)3-4-26(37)42,20-53-14-10-33(49)57-38-27(43)5-6-28(38)44)17-50-11-7-30(46)54-35-22-15-21(22)16-29(35)45/h1-4,15,21,39-42H,5-14,16-20H2. The van der Waals surface area contributed by atoms with Crippen LogP contribution in [0.15, 0.2) is 36.0 Å². The van der Waals surface area contributed by atoms with Gasteiger partial charge in [0.05, 0.1) is 89.7 Å². The van der Waals surface area contributed by atoms with Crippen LogP contribution in [0.3, 0.4) is 0 Å². The van der Waals surface area contributed by atoms with Crippen molar-refractivity contribution in [1.82, 2.24) is 19.6 Å². The Bertz CT molecular complexity index is 1700. The number of hydrogen-bond donors (Lipinski definition) is 4. The number of aromatic hydroxyl groups is 4. The Morgan fingerprint density at radius 3 is 1.25 bits per heavy atom. The van der Waals surface area contributed by atoms with Crippen molar-refractivity contribution in [3.8, 4) is 23.5 Å².